The van der Waals surface area contributed by atoms with Crippen LogP contribution in [0.1, 0.15) is 19.3 Å². The number of rotatable bonds is 10. The van der Waals surface area contributed by atoms with Crippen LogP contribution in [0, 0.1) is 5.92 Å². The van der Waals surface area contributed by atoms with Crippen molar-refractivity contribution in [3.05, 3.63) is 0 Å². The number of carbonyl (C=O) groups excluding carboxylic acids is 1. The molecular weight excluding hydrogens is 226 g/mol. The molecule has 0 aromatic rings. The van der Waals surface area contributed by atoms with Crippen molar-refractivity contribution >= 4 is 18.9 Å². The Kier molecular flexibility index (Phi) is 9.95. The number of nitrogens with one attached hydrogen (secondary N) is 1. The highest BCUT2D eigenvalue weighted by atomic mass is 32.1. The quantitative estimate of drug-likeness (QED) is 0.149. The summed E-state index contributed by atoms with van der Waals surface area (Å²) in [7, 11) is 0. The van der Waals surface area contributed by atoms with Crippen LogP contribution in [0.2, 0.25) is 0 Å². The number of unbranched alkanes of at least 4 members (excludes halogenated alkanes) is 1. The number of aliphatic hydroxyl groups is 1. The Morgan fingerprint density at radius 1 is 1.44 bits per heavy atom. The van der Waals surface area contributed by atoms with Gasteiger partial charge in [0.05, 0.1) is 6.04 Å². The third-order valence-corrected chi connectivity index (χ3v) is 2.87. The highest BCUT2D eigenvalue weighted by molar-refractivity contribution is 7.80. The molecule has 0 fully saturated rings. The standard InChI is InChI=1S/C10H23N3O2S/c11-4-2-1-3-8(6-14)5-13-9(7-16)10(12)15/h6,8-10,13,15-16H,1-5,7,11-12H2/t8-,9-,10?/m0/s1. The van der Waals surface area contributed by atoms with Gasteiger partial charge < -0.3 is 26.7 Å². The van der Waals surface area contributed by atoms with Crippen molar-refractivity contribution in [2.45, 2.75) is 31.5 Å². The van der Waals surface area contributed by atoms with E-state index in [1.54, 1.807) is 0 Å². The fourth-order valence-electron chi connectivity index (χ4n) is 1.37. The third-order valence-electron chi connectivity index (χ3n) is 2.47. The molecule has 6 heteroatoms. The maximum absolute atomic E-state index is 10.8. The monoisotopic (exact) mass is 249 g/mol. The number of aldehydes is 1. The van der Waals surface area contributed by atoms with E-state index in [0.717, 1.165) is 25.5 Å². The summed E-state index contributed by atoms with van der Waals surface area (Å²) in [6.45, 7) is 1.17. The van der Waals surface area contributed by atoms with E-state index in [1.165, 1.54) is 0 Å². The molecule has 0 saturated heterocycles. The first kappa shape index (κ1) is 15.9. The molecule has 0 radical (unpaired) electrons. The molecule has 96 valence electrons. The van der Waals surface area contributed by atoms with Crippen LogP contribution in [0.3, 0.4) is 0 Å². The number of thiol groups is 1. The first-order valence-electron chi connectivity index (χ1n) is 5.59. The number of hydrogen-bond donors (Lipinski definition) is 5. The van der Waals surface area contributed by atoms with E-state index in [2.05, 4.69) is 17.9 Å². The van der Waals surface area contributed by atoms with Crippen LogP contribution in [0.25, 0.3) is 0 Å². The minimum Gasteiger partial charge on any atom is -0.377 e. The van der Waals surface area contributed by atoms with Gasteiger partial charge in [-0.1, -0.05) is 6.42 Å². The Morgan fingerprint density at radius 2 is 2.12 bits per heavy atom. The summed E-state index contributed by atoms with van der Waals surface area (Å²) in [4.78, 5) is 10.8. The van der Waals surface area contributed by atoms with Gasteiger partial charge in [-0.15, -0.1) is 0 Å². The average Bonchev–Trinajstić information content (AvgIpc) is 2.27. The van der Waals surface area contributed by atoms with Crippen molar-refractivity contribution in [3.63, 3.8) is 0 Å². The van der Waals surface area contributed by atoms with Crippen LogP contribution >= 0.6 is 12.6 Å². The summed E-state index contributed by atoms with van der Waals surface area (Å²) in [5.41, 5.74) is 10.7. The van der Waals surface area contributed by atoms with Gasteiger partial charge in [-0.25, -0.2) is 0 Å². The fourth-order valence-corrected chi connectivity index (χ4v) is 1.71. The zero-order valence-electron chi connectivity index (χ0n) is 9.51. The van der Waals surface area contributed by atoms with E-state index in [4.69, 9.17) is 11.5 Å². The lowest BCUT2D eigenvalue weighted by molar-refractivity contribution is -0.111. The molecule has 3 atom stereocenters. The van der Waals surface area contributed by atoms with Gasteiger partial charge in [-0.2, -0.15) is 12.6 Å². The summed E-state index contributed by atoms with van der Waals surface area (Å²) in [5, 5.41) is 12.2. The Labute approximate surface area is 102 Å². The predicted molar refractivity (Wildman–Crippen MR) is 68.3 cm³/mol. The summed E-state index contributed by atoms with van der Waals surface area (Å²) in [5.74, 6) is 0.388. The number of aliphatic hydroxyl groups excluding tert-OH is 1. The van der Waals surface area contributed by atoms with Crippen molar-refractivity contribution in [1.29, 1.82) is 0 Å². The van der Waals surface area contributed by atoms with Gasteiger partial charge in [0.2, 0.25) is 0 Å². The van der Waals surface area contributed by atoms with Gasteiger partial charge in [-0.3, -0.25) is 0 Å². The number of hydrogen-bond acceptors (Lipinski definition) is 6. The first-order chi connectivity index (χ1) is 7.65. The third kappa shape index (κ3) is 7.19. The Morgan fingerprint density at radius 3 is 2.56 bits per heavy atom. The molecule has 0 aliphatic heterocycles. The number of nitrogens with two attached hydrogens (primary N) is 2. The second-order valence-electron chi connectivity index (χ2n) is 3.87. The molecule has 0 rings (SSSR count). The van der Waals surface area contributed by atoms with Gasteiger partial charge in [0, 0.05) is 18.2 Å². The molecule has 0 saturated carbocycles. The van der Waals surface area contributed by atoms with E-state index in [1.807, 2.05) is 0 Å². The average molecular weight is 249 g/mol. The van der Waals surface area contributed by atoms with Crippen LogP contribution in [-0.2, 0) is 4.79 Å². The molecule has 0 aromatic heterocycles. The molecule has 1 unspecified atom stereocenters. The highest BCUT2D eigenvalue weighted by Gasteiger charge is 2.15. The van der Waals surface area contributed by atoms with E-state index >= 15 is 0 Å². The van der Waals surface area contributed by atoms with Gasteiger partial charge >= 0.3 is 0 Å². The van der Waals surface area contributed by atoms with E-state index in [-0.39, 0.29) is 12.0 Å². The van der Waals surface area contributed by atoms with Crippen molar-refractivity contribution in [2.24, 2.45) is 17.4 Å². The predicted octanol–water partition coefficient (Wildman–Crippen LogP) is -0.904. The zero-order valence-corrected chi connectivity index (χ0v) is 10.4. The van der Waals surface area contributed by atoms with Crippen LogP contribution in [-0.4, -0.2) is 42.5 Å². The molecular formula is C10H23N3O2S. The van der Waals surface area contributed by atoms with Crippen molar-refractivity contribution in [3.8, 4) is 0 Å². The van der Waals surface area contributed by atoms with Crippen LogP contribution in [0.15, 0.2) is 0 Å². The SMILES string of the molecule is NCCCC[C@H](C=O)CN[C@@H](CS)C(N)O. The van der Waals surface area contributed by atoms with Gasteiger partial charge in [-0.05, 0) is 19.4 Å². The second kappa shape index (κ2) is 10.0. The van der Waals surface area contributed by atoms with Crippen LogP contribution in [0.5, 0.6) is 0 Å². The minimum absolute atomic E-state index is 0.0484. The zero-order chi connectivity index (χ0) is 12.4. The molecule has 5 nitrogen and oxygen atoms in total. The molecule has 0 aliphatic carbocycles. The maximum Gasteiger partial charge on any atom is 0.124 e. The van der Waals surface area contributed by atoms with Crippen molar-refractivity contribution in [2.75, 3.05) is 18.8 Å². The number of carbonyl (C=O) groups is 1. The van der Waals surface area contributed by atoms with Crippen LogP contribution < -0.4 is 16.8 Å². The normalized spacial score (nSPS) is 16.8. The van der Waals surface area contributed by atoms with E-state index in [0.29, 0.717) is 18.8 Å². The molecule has 0 aliphatic rings. The first-order valence-corrected chi connectivity index (χ1v) is 6.22. The lowest BCUT2D eigenvalue weighted by atomic mass is 10.0. The molecule has 0 bridgehead atoms. The van der Waals surface area contributed by atoms with E-state index in [9.17, 15) is 9.90 Å². The Balaban J connectivity index is 3.79. The topological polar surface area (TPSA) is 101 Å². The molecule has 0 heterocycles. The molecule has 0 spiro atoms. The highest BCUT2D eigenvalue weighted by Crippen LogP contribution is 2.05. The Hall–Kier alpha value is -0.140. The second-order valence-corrected chi connectivity index (χ2v) is 4.23. The van der Waals surface area contributed by atoms with Crippen molar-refractivity contribution in [1.82, 2.24) is 5.32 Å². The summed E-state index contributed by atoms with van der Waals surface area (Å²) in [6.07, 6.45) is 2.67. The smallest absolute Gasteiger partial charge is 0.124 e. The molecule has 0 amide bonds. The van der Waals surface area contributed by atoms with Gasteiger partial charge in [0.15, 0.2) is 0 Å². The van der Waals surface area contributed by atoms with Gasteiger partial charge in [0.1, 0.15) is 12.5 Å². The molecule has 16 heavy (non-hydrogen) atoms. The largest absolute Gasteiger partial charge is 0.377 e. The summed E-state index contributed by atoms with van der Waals surface area (Å²) < 4.78 is 0. The summed E-state index contributed by atoms with van der Waals surface area (Å²) >= 11 is 4.07. The van der Waals surface area contributed by atoms with Crippen LogP contribution in [0.4, 0.5) is 0 Å². The maximum atomic E-state index is 10.8. The van der Waals surface area contributed by atoms with Gasteiger partial charge in [0.25, 0.3) is 0 Å². The molecule has 6 N–H and O–H groups in total. The lowest BCUT2D eigenvalue weighted by Gasteiger charge is -2.21. The lowest BCUT2D eigenvalue weighted by Crippen LogP contribution is -2.48. The Bertz CT molecular complexity index is 181. The molecule has 0 aromatic carbocycles. The summed E-state index contributed by atoms with van der Waals surface area (Å²) in [6, 6.07) is -0.278. The van der Waals surface area contributed by atoms with E-state index < -0.39 is 6.23 Å². The minimum atomic E-state index is -0.950. The van der Waals surface area contributed by atoms with Crippen molar-refractivity contribution < 1.29 is 9.90 Å². The fraction of sp³-hybridized carbons (Fsp3) is 0.900.